The predicted octanol–water partition coefficient (Wildman–Crippen LogP) is 1.68. The van der Waals surface area contributed by atoms with E-state index in [0.29, 0.717) is 0 Å². The smallest absolute Gasteiger partial charge is 0.136 e. The molecule has 3 aliphatic rings. The first-order valence-corrected chi connectivity index (χ1v) is 6.77. The van der Waals surface area contributed by atoms with Gasteiger partial charge >= 0.3 is 0 Å². The maximum Gasteiger partial charge on any atom is 0.136 e. The lowest BCUT2D eigenvalue weighted by atomic mass is 10.0. The van der Waals surface area contributed by atoms with E-state index in [9.17, 15) is 0 Å². The van der Waals surface area contributed by atoms with Crippen molar-refractivity contribution in [3.8, 4) is 0 Å². The summed E-state index contributed by atoms with van der Waals surface area (Å²) in [4.78, 5) is 0. The summed E-state index contributed by atoms with van der Waals surface area (Å²) >= 11 is 0. The van der Waals surface area contributed by atoms with Gasteiger partial charge in [-0.3, -0.25) is 0 Å². The fourth-order valence-electron chi connectivity index (χ4n) is 4.55. The zero-order valence-electron chi connectivity index (χ0n) is 10.2. The van der Waals surface area contributed by atoms with E-state index in [1.165, 1.54) is 25.1 Å². The molecule has 1 aromatic rings. The summed E-state index contributed by atoms with van der Waals surface area (Å²) < 4.78 is 7.34. The molecule has 2 bridgehead atoms. The molecule has 4 rings (SSSR count). The average molecular weight is 233 g/mol. The molecular weight excluding hydrogens is 214 g/mol. The van der Waals surface area contributed by atoms with E-state index >= 15 is 0 Å². The lowest BCUT2D eigenvalue weighted by molar-refractivity contribution is 0.186. The van der Waals surface area contributed by atoms with Crippen molar-refractivity contribution >= 4 is 0 Å². The molecule has 4 atom stereocenters. The summed E-state index contributed by atoms with van der Waals surface area (Å²) in [6, 6.07) is 0. The van der Waals surface area contributed by atoms with E-state index in [2.05, 4.69) is 14.8 Å². The standard InChI is InChI=1S/C13H19N3O/c1-17-5-4-16-7-14-15-13(16)12-10-8-2-3-9(6-8)11(10)12/h7-12H,2-6H2,1H3. The Balaban J connectivity index is 1.55. The molecule has 3 fully saturated rings. The zero-order chi connectivity index (χ0) is 11.4. The number of nitrogens with zero attached hydrogens (tertiary/aromatic N) is 3. The van der Waals surface area contributed by atoms with Crippen molar-refractivity contribution in [3.05, 3.63) is 12.2 Å². The Morgan fingerprint density at radius 3 is 2.82 bits per heavy atom. The van der Waals surface area contributed by atoms with Crippen LogP contribution in [0.2, 0.25) is 0 Å². The van der Waals surface area contributed by atoms with Gasteiger partial charge in [-0.15, -0.1) is 10.2 Å². The van der Waals surface area contributed by atoms with Crippen LogP contribution in [0.5, 0.6) is 0 Å². The Morgan fingerprint density at radius 1 is 1.35 bits per heavy atom. The fourth-order valence-corrected chi connectivity index (χ4v) is 4.55. The van der Waals surface area contributed by atoms with Crippen molar-refractivity contribution in [2.75, 3.05) is 13.7 Å². The minimum absolute atomic E-state index is 0.723. The number of ether oxygens (including phenoxy) is 1. The Hall–Kier alpha value is -0.900. The minimum atomic E-state index is 0.723. The van der Waals surface area contributed by atoms with Gasteiger partial charge in [-0.25, -0.2) is 0 Å². The highest BCUT2D eigenvalue weighted by atomic mass is 16.5. The molecule has 1 aromatic heterocycles. The van der Waals surface area contributed by atoms with Crippen molar-refractivity contribution in [1.82, 2.24) is 14.8 Å². The molecule has 0 N–H and O–H groups in total. The summed E-state index contributed by atoms with van der Waals surface area (Å²) in [5.41, 5.74) is 0. The van der Waals surface area contributed by atoms with Crippen LogP contribution in [-0.2, 0) is 11.3 Å². The van der Waals surface area contributed by atoms with E-state index in [4.69, 9.17) is 4.74 Å². The maximum absolute atomic E-state index is 5.14. The van der Waals surface area contributed by atoms with E-state index < -0.39 is 0 Å². The molecule has 17 heavy (non-hydrogen) atoms. The third-order valence-electron chi connectivity index (χ3n) is 5.22. The molecule has 4 unspecified atom stereocenters. The van der Waals surface area contributed by atoms with Crippen LogP contribution in [0.15, 0.2) is 6.33 Å². The first kappa shape index (κ1) is 10.1. The largest absolute Gasteiger partial charge is 0.383 e. The molecule has 0 spiro atoms. The van der Waals surface area contributed by atoms with Gasteiger partial charge in [0.05, 0.1) is 6.61 Å². The van der Waals surface area contributed by atoms with Crippen LogP contribution in [0.25, 0.3) is 0 Å². The van der Waals surface area contributed by atoms with Gasteiger partial charge in [0.25, 0.3) is 0 Å². The quantitative estimate of drug-likeness (QED) is 0.794. The van der Waals surface area contributed by atoms with Crippen molar-refractivity contribution in [1.29, 1.82) is 0 Å². The van der Waals surface area contributed by atoms with Crippen LogP contribution >= 0.6 is 0 Å². The molecule has 3 saturated carbocycles. The summed E-state index contributed by atoms with van der Waals surface area (Å²) in [6.07, 6.45) is 6.30. The lowest BCUT2D eigenvalue weighted by Crippen LogP contribution is -2.09. The predicted molar refractivity (Wildman–Crippen MR) is 62.5 cm³/mol. The minimum Gasteiger partial charge on any atom is -0.383 e. The van der Waals surface area contributed by atoms with E-state index in [0.717, 1.165) is 42.7 Å². The molecule has 0 saturated heterocycles. The second-order valence-electron chi connectivity index (χ2n) is 5.89. The van der Waals surface area contributed by atoms with Gasteiger partial charge in [-0.1, -0.05) is 0 Å². The molecule has 4 nitrogen and oxygen atoms in total. The van der Waals surface area contributed by atoms with Crippen molar-refractivity contribution in [2.24, 2.45) is 23.7 Å². The number of rotatable bonds is 4. The van der Waals surface area contributed by atoms with Crippen molar-refractivity contribution < 1.29 is 4.74 Å². The maximum atomic E-state index is 5.14. The third-order valence-corrected chi connectivity index (χ3v) is 5.22. The molecule has 0 aliphatic heterocycles. The summed E-state index contributed by atoms with van der Waals surface area (Å²) in [6.45, 7) is 1.64. The molecule has 3 aliphatic carbocycles. The monoisotopic (exact) mass is 233 g/mol. The molecule has 1 heterocycles. The van der Waals surface area contributed by atoms with Crippen molar-refractivity contribution in [3.63, 3.8) is 0 Å². The summed E-state index contributed by atoms with van der Waals surface area (Å²) in [7, 11) is 1.75. The van der Waals surface area contributed by atoms with Gasteiger partial charge in [0, 0.05) is 19.6 Å². The van der Waals surface area contributed by atoms with Gasteiger partial charge < -0.3 is 9.30 Å². The SMILES string of the molecule is COCCn1cnnc1C1C2C3CCC(C3)C12. The Labute approximate surface area is 101 Å². The van der Waals surface area contributed by atoms with Crippen LogP contribution in [0.3, 0.4) is 0 Å². The van der Waals surface area contributed by atoms with Gasteiger partial charge in [0.2, 0.25) is 0 Å². The summed E-state index contributed by atoms with van der Waals surface area (Å²) in [5.74, 6) is 5.85. The van der Waals surface area contributed by atoms with Crippen LogP contribution in [0.1, 0.15) is 31.0 Å². The summed E-state index contributed by atoms with van der Waals surface area (Å²) in [5, 5.41) is 8.46. The van der Waals surface area contributed by atoms with E-state index in [1.807, 2.05) is 6.33 Å². The van der Waals surface area contributed by atoms with Gasteiger partial charge in [-0.2, -0.15) is 0 Å². The molecule has 0 amide bonds. The second-order valence-corrected chi connectivity index (χ2v) is 5.89. The first-order valence-electron chi connectivity index (χ1n) is 6.77. The highest BCUT2D eigenvalue weighted by Crippen LogP contribution is 2.72. The van der Waals surface area contributed by atoms with Gasteiger partial charge in [0.15, 0.2) is 0 Å². The highest BCUT2D eigenvalue weighted by Gasteiger charge is 2.66. The van der Waals surface area contributed by atoms with E-state index in [1.54, 1.807) is 7.11 Å². The van der Waals surface area contributed by atoms with Crippen LogP contribution in [0.4, 0.5) is 0 Å². The van der Waals surface area contributed by atoms with E-state index in [-0.39, 0.29) is 0 Å². The second kappa shape index (κ2) is 3.55. The highest BCUT2D eigenvalue weighted by molar-refractivity contribution is 5.24. The van der Waals surface area contributed by atoms with Crippen LogP contribution < -0.4 is 0 Å². The zero-order valence-corrected chi connectivity index (χ0v) is 10.2. The number of hydrogen-bond acceptors (Lipinski definition) is 3. The average Bonchev–Trinajstić information content (AvgIpc) is 2.78. The normalized spacial score (nSPS) is 41.8. The van der Waals surface area contributed by atoms with Gasteiger partial charge in [0.1, 0.15) is 12.2 Å². The molecule has 4 heteroatoms. The Bertz CT molecular complexity index is 414. The third kappa shape index (κ3) is 1.33. The van der Waals surface area contributed by atoms with Crippen LogP contribution in [-0.4, -0.2) is 28.5 Å². The topological polar surface area (TPSA) is 39.9 Å². The van der Waals surface area contributed by atoms with Crippen LogP contribution in [0, 0.1) is 23.7 Å². The Morgan fingerprint density at radius 2 is 2.12 bits per heavy atom. The molecule has 0 aromatic carbocycles. The molecule has 92 valence electrons. The number of hydrogen-bond donors (Lipinski definition) is 0. The number of methoxy groups -OCH3 is 1. The van der Waals surface area contributed by atoms with Crippen molar-refractivity contribution in [2.45, 2.75) is 31.7 Å². The molecule has 0 radical (unpaired) electrons. The van der Waals surface area contributed by atoms with Gasteiger partial charge in [-0.05, 0) is 42.9 Å². The number of fused-ring (bicyclic) bond motifs is 5. The first-order chi connectivity index (χ1) is 8.40. The number of aromatic nitrogens is 3. The fraction of sp³-hybridized carbons (Fsp3) is 0.846. The Kier molecular flexibility index (Phi) is 2.10. The molecular formula is C13H19N3O. The lowest BCUT2D eigenvalue weighted by Gasteiger charge is -2.09.